The van der Waals surface area contributed by atoms with Gasteiger partial charge in [-0.3, -0.25) is 9.59 Å². The van der Waals surface area contributed by atoms with Crippen LogP contribution < -0.4 is 4.74 Å². The summed E-state index contributed by atoms with van der Waals surface area (Å²) in [5.41, 5.74) is -0.267. The van der Waals surface area contributed by atoms with Crippen molar-refractivity contribution in [1.29, 1.82) is 0 Å². The molecule has 0 unspecified atom stereocenters. The fourth-order valence-electron chi connectivity index (χ4n) is 3.02. The number of aromatic nitrogens is 1. The molecule has 2 heterocycles. The Morgan fingerprint density at radius 3 is 2.61 bits per heavy atom. The first-order valence-electron chi connectivity index (χ1n) is 8.89. The highest BCUT2D eigenvalue weighted by Gasteiger charge is 2.32. The summed E-state index contributed by atoms with van der Waals surface area (Å²) >= 11 is 0. The van der Waals surface area contributed by atoms with E-state index in [0.717, 1.165) is 18.3 Å². The van der Waals surface area contributed by atoms with Gasteiger partial charge in [-0.1, -0.05) is 30.3 Å². The quantitative estimate of drug-likeness (QED) is 0.703. The Balaban J connectivity index is 1.50. The van der Waals surface area contributed by atoms with Crippen LogP contribution in [0.4, 0.5) is 13.2 Å². The molecule has 3 rings (SSSR count). The minimum absolute atomic E-state index is 0.0856. The number of benzene rings is 1. The third kappa shape index (κ3) is 5.09. The molecule has 0 N–H and O–H groups in total. The number of carbonyl (C=O) groups excluding carboxylic acids is 2. The number of ether oxygens (including phenoxy) is 1. The van der Waals surface area contributed by atoms with Crippen molar-refractivity contribution >= 4 is 11.7 Å². The van der Waals surface area contributed by atoms with Crippen LogP contribution >= 0.6 is 0 Å². The molecule has 5 nitrogen and oxygen atoms in total. The second kappa shape index (κ2) is 8.41. The van der Waals surface area contributed by atoms with Crippen molar-refractivity contribution in [2.24, 2.45) is 0 Å². The lowest BCUT2D eigenvalue weighted by Crippen LogP contribution is -2.31. The van der Waals surface area contributed by atoms with Gasteiger partial charge in [0.15, 0.2) is 5.78 Å². The highest BCUT2D eigenvalue weighted by Crippen LogP contribution is 2.31. The average Bonchev–Trinajstić information content (AvgIpc) is 3.14. The molecule has 0 radical (unpaired) electrons. The van der Waals surface area contributed by atoms with Crippen LogP contribution in [-0.4, -0.2) is 40.8 Å². The van der Waals surface area contributed by atoms with Gasteiger partial charge in [0.1, 0.15) is 6.10 Å². The van der Waals surface area contributed by atoms with Gasteiger partial charge in [-0.2, -0.15) is 13.2 Å². The number of likely N-dealkylation sites (tertiary alicyclic amines) is 1. The Morgan fingerprint density at radius 2 is 1.89 bits per heavy atom. The number of hydrogen-bond acceptors (Lipinski definition) is 4. The molecule has 0 saturated carbocycles. The average molecular weight is 392 g/mol. The van der Waals surface area contributed by atoms with Crippen molar-refractivity contribution in [3.05, 3.63) is 59.8 Å². The number of alkyl halides is 3. The maximum atomic E-state index is 12.8. The summed E-state index contributed by atoms with van der Waals surface area (Å²) in [4.78, 5) is 29.8. The van der Waals surface area contributed by atoms with Crippen molar-refractivity contribution in [2.75, 3.05) is 13.1 Å². The first-order valence-corrected chi connectivity index (χ1v) is 8.89. The normalized spacial score (nSPS) is 16.8. The van der Waals surface area contributed by atoms with E-state index in [0.29, 0.717) is 18.5 Å². The fourth-order valence-corrected chi connectivity index (χ4v) is 3.02. The predicted molar refractivity (Wildman–Crippen MR) is 94.9 cm³/mol. The molecule has 1 amide bonds. The third-order valence-electron chi connectivity index (χ3n) is 4.51. The van der Waals surface area contributed by atoms with Crippen LogP contribution in [0.2, 0.25) is 0 Å². The zero-order valence-corrected chi connectivity index (χ0v) is 15.0. The summed E-state index contributed by atoms with van der Waals surface area (Å²) in [6.07, 6.45) is -3.15. The molecule has 148 valence electrons. The standard InChI is InChI=1S/C20H19F3N2O3/c21-20(22,23)15-8-10-24-18(12-15)28-16-9-11-25(13-16)19(27)7-6-17(26)14-4-2-1-3-5-14/h1-5,8,10,12,16H,6-7,9,11,13H2/t16-/m1/s1. The van der Waals surface area contributed by atoms with Gasteiger partial charge < -0.3 is 9.64 Å². The van der Waals surface area contributed by atoms with Crippen LogP contribution in [0, 0.1) is 0 Å². The van der Waals surface area contributed by atoms with Gasteiger partial charge >= 0.3 is 6.18 Å². The van der Waals surface area contributed by atoms with Crippen LogP contribution in [-0.2, 0) is 11.0 Å². The minimum atomic E-state index is -4.47. The lowest BCUT2D eigenvalue weighted by Gasteiger charge is -2.17. The second-order valence-corrected chi connectivity index (χ2v) is 6.54. The van der Waals surface area contributed by atoms with E-state index >= 15 is 0 Å². The van der Waals surface area contributed by atoms with Crippen molar-refractivity contribution in [3.8, 4) is 5.88 Å². The first-order chi connectivity index (χ1) is 13.3. The lowest BCUT2D eigenvalue weighted by atomic mass is 10.1. The Labute approximate surface area is 160 Å². The van der Waals surface area contributed by atoms with Gasteiger partial charge in [-0.15, -0.1) is 0 Å². The lowest BCUT2D eigenvalue weighted by molar-refractivity contribution is -0.137. The van der Waals surface area contributed by atoms with Gasteiger partial charge in [-0.05, 0) is 6.07 Å². The minimum Gasteiger partial charge on any atom is -0.472 e. The number of pyridine rings is 1. The fraction of sp³-hybridized carbons (Fsp3) is 0.350. The van der Waals surface area contributed by atoms with Crippen LogP contribution in [0.5, 0.6) is 5.88 Å². The van der Waals surface area contributed by atoms with Gasteiger partial charge in [0.05, 0.1) is 12.1 Å². The van der Waals surface area contributed by atoms with E-state index in [1.807, 2.05) is 6.07 Å². The summed E-state index contributed by atoms with van der Waals surface area (Å²) in [5.74, 6) is -0.394. The number of rotatable bonds is 6. The molecule has 1 fully saturated rings. The molecule has 2 aromatic rings. The van der Waals surface area contributed by atoms with Crippen molar-refractivity contribution in [1.82, 2.24) is 9.88 Å². The molecule has 0 spiro atoms. The van der Waals surface area contributed by atoms with E-state index in [4.69, 9.17) is 4.74 Å². The van der Waals surface area contributed by atoms with E-state index in [9.17, 15) is 22.8 Å². The number of amides is 1. The number of carbonyl (C=O) groups is 2. The van der Waals surface area contributed by atoms with Crippen molar-refractivity contribution in [3.63, 3.8) is 0 Å². The second-order valence-electron chi connectivity index (χ2n) is 6.54. The van der Waals surface area contributed by atoms with Gasteiger partial charge in [0.2, 0.25) is 11.8 Å². The van der Waals surface area contributed by atoms with E-state index < -0.39 is 17.8 Å². The molecule has 1 aliphatic rings. The molecular formula is C20H19F3N2O3. The zero-order valence-electron chi connectivity index (χ0n) is 15.0. The molecule has 1 aliphatic heterocycles. The predicted octanol–water partition coefficient (Wildman–Crippen LogP) is 3.74. The molecule has 8 heteroatoms. The monoisotopic (exact) mass is 392 g/mol. The smallest absolute Gasteiger partial charge is 0.416 e. The third-order valence-corrected chi connectivity index (χ3v) is 4.51. The Bertz CT molecular complexity index is 840. The summed E-state index contributed by atoms with van der Waals surface area (Å²) in [5, 5.41) is 0. The maximum absolute atomic E-state index is 12.8. The van der Waals surface area contributed by atoms with E-state index in [1.165, 1.54) is 0 Å². The molecule has 1 atom stereocenters. The molecule has 0 bridgehead atoms. The molecule has 1 aromatic heterocycles. The topological polar surface area (TPSA) is 59.5 Å². The van der Waals surface area contributed by atoms with E-state index in [1.54, 1.807) is 29.2 Å². The Morgan fingerprint density at radius 1 is 1.14 bits per heavy atom. The first kappa shape index (κ1) is 19.9. The largest absolute Gasteiger partial charge is 0.472 e. The summed E-state index contributed by atoms with van der Waals surface area (Å²) in [6.45, 7) is 0.693. The van der Waals surface area contributed by atoms with Crippen LogP contribution in [0.1, 0.15) is 35.2 Å². The Hall–Kier alpha value is -2.90. The molecule has 1 saturated heterocycles. The number of ketones is 1. The summed E-state index contributed by atoms with van der Waals surface area (Å²) in [7, 11) is 0. The number of nitrogens with zero attached hydrogens (tertiary/aromatic N) is 2. The van der Waals surface area contributed by atoms with Crippen LogP contribution in [0.25, 0.3) is 0 Å². The summed E-state index contributed by atoms with van der Waals surface area (Å²) < 4.78 is 43.8. The SMILES string of the molecule is O=C(CCC(=O)N1CC[C@@H](Oc2cc(C(F)(F)F)ccn2)C1)c1ccccc1. The van der Waals surface area contributed by atoms with Gasteiger partial charge in [0, 0.05) is 43.6 Å². The van der Waals surface area contributed by atoms with Crippen LogP contribution in [0.3, 0.4) is 0 Å². The number of Topliss-reactive ketones (excluding diaryl/α,β-unsaturated/α-hetero) is 1. The van der Waals surface area contributed by atoms with Crippen molar-refractivity contribution < 1.29 is 27.5 Å². The highest BCUT2D eigenvalue weighted by atomic mass is 19.4. The Kier molecular flexibility index (Phi) is 5.96. The molecule has 0 aliphatic carbocycles. The summed E-state index contributed by atoms with van der Waals surface area (Å²) in [6, 6.07) is 10.5. The van der Waals surface area contributed by atoms with Gasteiger partial charge in [-0.25, -0.2) is 4.98 Å². The van der Waals surface area contributed by atoms with Crippen LogP contribution in [0.15, 0.2) is 48.7 Å². The van der Waals surface area contributed by atoms with Crippen molar-refractivity contribution in [2.45, 2.75) is 31.5 Å². The molecule has 28 heavy (non-hydrogen) atoms. The zero-order chi connectivity index (χ0) is 20.1. The van der Waals surface area contributed by atoms with E-state index in [-0.39, 0.29) is 37.0 Å². The molecular weight excluding hydrogens is 373 g/mol. The number of hydrogen-bond donors (Lipinski definition) is 0. The maximum Gasteiger partial charge on any atom is 0.416 e. The number of halogens is 3. The van der Waals surface area contributed by atoms with E-state index in [2.05, 4.69) is 4.98 Å². The molecule has 1 aromatic carbocycles. The van der Waals surface area contributed by atoms with Gasteiger partial charge in [0.25, 0.3) is 0 Å². The highest BCUT2D eigenvalue weighted by molar-refractivity contribution is 5.97.